The Kier molecular flexibility index (Phi) is 2.69. The molecule has 0 spiro atoms. The fraction of sp³-hybridized carbons (Fsp3) is 0.250. The van der Waals surface area contributed by atoms with Crippen LogP contribution in [0.2, 0.25) is 0 Å². The summed E-state index contributed by atoms with van der Waals surface area (Å²) in [7, 11) is 1.28. The minimum atomic E-state index is -0.656. The zero-order chi connectivity index (χ0) is 9.84. The number of methoxy groups -OCH3 is 1. The van der Waals surface area contributed by atoms with Gasteiger partial charge in [-0.1, -0.05) is 0 Å². The van der Waals surface area contributed by atoms with Crippen molar-refractivity contribution < 1.29 is 18.7 Å². The van der Waals surface area contributed by atoms with E-state index in [1.54, 1.807) is 0 Å². The summed E-state index contributed by atoms with van der Waals surface area (Å²) in [6.07, 6.45) is 0.00375. The monoisotopic (exact) mass is 183 g/mol. The zero-order valence-electron chi connectivity index (χ0n) is 7.07. The van der Waals surface area contributed by atoms with Gasteiger partial charge < -0.3 is 14.9 Å². The smallest absolute Gasteiger partial charge is 0.313 e. The largest absolute Gasteiger partial charge is 0.469 e. The zero-order valence-corrected chi connectivity index (χ0v) is 7.07. The van der Waals surface area contributed by atoms with E-state index in [-0.39, 0.29) is 12.2 Å². The van der Waals surface area contributed by atoms with Crippen LogP contribution < -0.4 is 5.73 Å². The molecule has 0 unspecified atom stereocenters. The van der Waals surface area contributed by atoms with Crippen LogP contribution in [0.3, 0.4) is 0 Å². The highest BCUT2D eigenvalue weighted by Gasteiger charge is 2.10. The van der Waals surface area contributed by atoms with E-state index in [1.807, 2.05) is 0 Å². The molecule has 0 bridgehead atoms. The third kappa shape index (κ3) is 2.33. The average molecular weight is 183 g/mol. The van der Waals surface area contributed by atoms with Gasteiger partial charge in [0, 0.05) is 0 Å². The van der Waals surface area contributed by atoms with E-state index < -0.39 is 11.9 Å². The van der Waals surface area contributed by atoms with Crippen molar-refractivity contribution in [1.82, 2.24) is 0 Å². The molecule has 1 aromatic heterocycles. The van der Waals surface area contributed by atoms with Gasteiger partial charge in [-0.25, -0.2) is 0 Å². The van der Waals surface area contributed by atoms with Gasteiger partial charge in [0.25, 0.3) is 5.91 Å². The Bertz CT molecular complexity index is 329. The highest BCUT2D eigenvalue weighted by atomic mass is 16.5. The summed E-state index contributed by atoms with van der Waals surface area (Å²) in [6.45, 7) is 0. The van der Waals surface area contributed by atoms with E-state index in [9.17, 15) is 9.59 Å². The Balaban J connectivity index is 2.69. The number of rotatable bonds is 3. The van der Waals surface area contributed by atoms with Crippen molar-refractivity contribution in [2.24, 2.45) is 5.73 Å². The molecule has 0 aliphatic rings. The first-order valence-electron chi connectivity index (χ1n) is 3.59. The lowest BCUT2D eigenvalue weighted by Crippen LogP contribution is -2.09. The standard InChI is InChI=1S/C8H9NO4/c1-12-7(10)4-5-2-3-6(13-5)8(9)11/h2-3H,4H2,1H3,(H2,9,11). The molecule has 5 nitrogen and oxygen atoms in total. The highest BCUT2D eigenvalue weighted by Crippen LogP contribution is 2.08. The summed E-state index contributed by atoms with van der Waals surface area (Å²) in [6, 6.07) is 2.93. The lowest BCUT2D eigenvalue weighted by atomic mass is 10.3. The Hall–Kier alpha value is -1.78. The van der Waals surface area contributed by atoms with Crippen LogP contribution >= 0.6 is 0 Å². The number of furan rings is 1. The predicted molar refractivity (Wildman–Crippen MR) is 42.9 cm³/mol. The maximum absolute atomic E-state index is 10.8. The molecule has 1 aromatic rings. The molecule has 13 heavy (non-hydrogen) atoms. The minimum Gasteiger partial charge on any atom is -0.469 e. The van der Waals surface area contributed by atoms with Gasteiger partial charge in [-0.05, 0) is 12.1 Å². The number of esters is 1. The Morgan fingerprint density at radius 2 is 2.23 bits per heavy atom. The van der Waals surface area contributed by atoms with Gasteiger partial charge >= 0.3 is 5.97 Å². The number of hydrogen-bond acceptors (Lipinski definition) is 4. The third-order valence-electron chi connectivity index (χ3n) is 1.45. The van der Waals surface area contributed by atoms with Crippen LogP contribution in [0.25, 0.3) is 0 Å². The molecule has 0 radical (unpaired) electrons. The highest BCUT2D eigenvalue weighted by molar-refractivity contribution is 5.90. The van der Waals surface area contributed by atoms with Crippen LogP contribution in [-0.2, 0) is 16.0 Å². The normalized spacial score (nSPS) is 9.62. The Labute approximate surface area is 74.5 Å². The molecule has 1 heterocycles. The van der Waals surface area contributed by atoms with Crippen molar-refractivity contribution in [2.75, 3.05) is 7.11 Å². The van der Waals surface area contributed by atoms with Crippen molar-refractivity contribution in [3.05, 3.63) is 23.7 Å². The van der Waals surface area contributed by atoms with Crippen molar-refractivity contribution in [2.45, 2.75) is 6.42 Å². The lowest BCUT2D eigenvalue weighted by Gasteiger charge is -1.94. The van der Waals surface area contributed by atoms with Crippen LogP contribution in [0.1, 0.15) is 16.3 Å². The topological polar surface area (TPSA) is 82.5 Å². The lowest BCUT2D eigenvalue weighted by molar-refractivity contribution is -0.140. The first kappa shape index (κ1) is 9.31. The number of ether oxygens (including phenoxy) is 1. The third-order valence-corrected chi connectivity index (χ3v) is 1.45. The molecule has 0 atom stereocenters. The van der Waals surface area contributed by atoms with Crippen LogP contribution in [0, 0.1) is 0 Å². The van der Waals surface area contributed by atoms with E-state index in [4.69, 9.17) is 10.2 Å². The van der Waals surface area contributed by atoms with Gasteiger partial charge in [0.1, 0.15) is 12.2 Å². The summed E-state index contributed by atoms with van der Waals surface area (Å²) in [5, 5.41) is 0. The first-order valence-corrected chi connectivity index (χ1v) is 3.59. The quantitative estimate of drug-likeness (QED) is 0.673. The first-order chi connectivity index (χ1) is 6.13. The molecule has 0 aliphatic carbocycles. The van der Waals surface area contributed by atoms with Gasteiger partial charge in [0.05, 0.1) is 7.11 Å². The van der Waals surface area contributed by atoms with Gasteiger partial charge in [0.2, 0.25) is 0 Å². The second-order valence-electron chi connectivity index (χ2n) is 2.38. The summed E-state index contributed by atoms with van der Waals surface area (Å²) < 4.78 is 9.35. The van der Waals surface area contributed by atoms with E-state index >= 15 is 0 Å². The van der Waals surface area contributed by atoms with Crippen LogP contribution in [0.5, 0.6) is 0 Å². The molecule has 0 saturated heterocycles. The van der Waals surface area contributed by atoms with Gasteiger partial charge in [-0.2, -0.15) is 0 Å². The molecule has 1 amide bonds. The Morgan fingerprint density at radius 1 is 1.54 bits per heavy atom. The summed E-state index contributed by atoms with van der Waals surface area (Å²) in [4.78, 5) is 21.3. The molecule has 0 fully saturated rings. The SMILES string of the molecule is COC(=O)Cc1ccc(C(N)=O)o1. The van der Waals surface area contributed by atoms with Crippen LogP contribution in [0.4, 0.5) is 0 Å². The fourth-order valence-corrected chi connectivity index (χ4v) is 0.820. The number of hydrogen-bond donors (Lipinski definition) is 1. The Morgan fingerprint density at radius 3 is 2.69 bits per heavy atom. The molecule has 1 rings (SSSR count). The predicted octanol–water partition coefficient (Wildman–Crippen LogP) is 0.0940. The molecule has 5 heteroatoms. The van der Waals surface area contributed by atoms with Crippen LogP contribution in [-0.4, -0.2) is 19.0 Å². The van der Waals surface area contributed by atoms with Gasteiger partial charge in [0.15, 0.2) is 5.76 Å². The molecule has 70 valence electrons. The summed E-state index contributed by atoms with van der Waals surface area (Å²) >= 11 is 0. The van der Waals surface area contributed by atoms with Gasteiger partial charge in [-0.15, -0.1) is 0 Å². The van der Waals surface area contributed by atoms with Crippen LogP contribution in [0.15, 0.2) is 16.5 Å². The van der Waals surface area contributed by atoms with Crippen molar-refractivity contribution >= 4 is 11.9 Å². The van der Waals surface area contributed by atoms with Crippen molar-refractivity contribution in [3.8, 4) is 0 Å². The molecule has 0 aromatic carbocycles. The summed E-state index contributed by atoms with van der Waals surface area (Å²) in [5.41, 5.74) is 4.94. The molecule has 2 N–H and O–H groups in total. The number of carbonyl (C=O) groups excluding carboxylic acids is 2. The van der Waals surface area contributed by atoms with Crippen molar-refractivity contribution in [3.63, 3.8) is 0 Å². The average Bonchev–Trinajstić information content (AvgIpc) is 2.52. The second-order valence-corrected chi connectivity index (χ2v) is 2.38. The molecule has 0 saturated carbocycles. The number of carbonyl (C=O) groups is 2. The molecule has 0 aliphatic heterocycles. The van der Waals surface area contributed by atoms with Gasteiger partial charge in [-0.3, -0.25) is 9.59 Å². The number of primary amides is 1. The fourth-order valence-electron chi connectivity index (χ4n) is 0.820. The van der Waals surface area contributed by atoms with E-state index in [2.05, 4.69) is 4.74 Å². The maximum atomic E-state index is 10.8. The summed E-state index contributed by atoms with van der Waals surface area (Å²) in [5.74, 6) is -0.680. The number of amides is 1. The van der Waals surface area contributed by atoms with Crippen molar-refractivity contribution in [1.29, 1.82) is 0 Å². The van der Waals surface area contributed by atoms with E-state index in [1.165, 1.54) is 19.2 Å². The second kappa shape index (κ2) is 3.75. The maximum Gasteiger partial charge on any atom is 0.313 e. The van der Waals surface area contributed by atoms with E-state index in [0.29, 0.717) is 5.76 Å². The molecular formula is C8H9NO4. The minimum absolute atomic E-state index is 0.00375. The molecular weight excluding hydrogens is 174 g/mol. The number of nitrogens with two attached hydrogens (primary N) is 1. The van der Waals surface area contributed by atoms with E-state index in [0.717, 1.165) is 0 Å².